The van der Waals surface area contributed by atoms with Crippen molar-refractivity contribution >= 4 is 17.7 Å². The molecule has 0 spiro atoms. The van der Waals surface area contributed by atoms with E-state index in [2.05, 4.69) is 9.97 Å². The van der Waals surface area contributed by atoms with Crippen molar-refractivity contribution in [1.82, 2.24) is 9.97 Å². The summed E-state index contributed by atoms with van der Waals surface area (Å²) in [4.78, 5) is 20.7. The van der Waals surface area contributed by atoms with Crippen LogP contribution in [0, 0.1) is 17.8 Å². The van der Waals surface area contributed by atoms with Crippen molar-refractivity contribution < 1.29 is 36.2 Å². The van der Waals surface area contributed by atoms with Crippen LogP contribution in [0.15, 0.2) is 6.07 Å². The second-order valence-corrected chi connectivity index (χ2v) is 7.87. The highest BCUT2D eigenvalue weighted by Crippen LogP contribution is 2.48. The Morgan fingerprint density at radius 1 is 1.14 bits per heavy atom. The summed E-state index contributed by atoms with van der Waals surface area (Å²) in [6.07, 6.45) is -8.82. The number of piperidine rings is 2. The molecule has 3 aliphatic heterocycles. The van der Waals surface area contributed by atoms with Crippen molar-refractivity contribution in [2.45, 2.75) is 37.7 Å². The molecule has 6 nitrogen and oxygen atoms in total. The van der Waals surface area contributed by atoms with E-state index in [4.69, 9.17) is 5.11 Å². The van der Waals surface area contributed by atoms with Gasteiger partial charge >= 0.3 is 18.3 Å². The molecule has 2 bridgehead atoms. The lowest BCUT2D eigenvalue weighted by atomic mass is 9.60. The van der Waals surface area contributed by atoms with Gasteiger partial charge in [-0.3, -0.25) is 4.79 Å². The molecular weight excluding hydrogens is 406 g/mol. The molecule has 0 aromatic carbocycles. The molecule has 3 saturated heterocycles. The summed E-state index contributed by atoms with van der Waals surface area (Å²) in [5.41, 5.74) is -1.29. The first-order valence-electron chi connectivity index (χ1n) is 9.20. The monoisotopic (exact) mass is 424 g/mol. The molecule has 12 heteroatoms. The number of fused-ring (bicyclic) bond motifs is 2. The highest BCUT2D eigenvalue weighted by atomic mass is 19.4. The minimum absolute atomic E-state index is 0.00698. The molecule has 29 heavy (non-hydrogen) atoms. The Morgan fingerprint density at radius 3 is 2.28 bits per heavy atom. The summed E-state index contributed by atoms with van der Waals surface area (Å²) in [5.74, 6) is -1.56. The maximum absolute atomic E-state index is 13.3. The number of carboxylic acid groups (broad SMARTS) is 1. The van der Waals surface area contributed by atoms with Gasteiger partial charge < -0.3 is 14.9 Å². The van der Waals surface area contributed by atoms with Crippen LogP contribution in [0.1, 0.15) is 25.0 Å². The van der Waals surface area contributed by atoms with E-state index in [1.54, 1.807) is 4.90 Å². The third-order valence-corrected chi connectivity index (χ3v) is 6.11. The van der Waals surface area contributed by atoms with Gasteiger partial charge in [0.15, 0.2) is 5.69 Å². The Hall–Kier alpha value is -2.27. The van der Waals surface area contributed by atoms with E-state index in [0.717, 1.165) is 17.4 Å². The number of halogens is 6. The van der Waals surface area contributed by atoms with Crippen LogP contribution >= 0.6 is 0 Å². The summed E-state index contributed by atoms with van der Waals surface area (Å²) in [7, 11) is 0. The lowest BCUT2D eigenvalue weighted by Crippen LogP contribution is -2.57. The number of hydrogen-bond donors (Lipinski definition) is 1. The van der Waals surface area contributed by atoms with E-state index >= 15 is 0 Å². The van der Waals surface area contributed by atoms with Crippen LogP contribution in [0.25, 0.3) is 0 Å². The number of carbonyl (C=O) groups is 1. The van der Waals surface area contributed by atoms with Crippen LogP contribution in [0.2, 0.25) is 0 Å². The normalized spacial score (nSPS) is 29.3. The first kappa shape index (κ1) is 20.0. The second-order valence-electron chi connectivity index (χ2n) is 7.87. The summed E-state index contributed by atoms with van der Waals surface area (Å²) >= 11 is 0. The number of rotatable bonds is 4. The number of alkyl halides is 6. The lowest BCUT2D eigenvalue weighted by Gasteiger charge is -2.53. The van der Waals surface area contributed by atoms with Gasteiger partial charge in [0.25, 0.3) is 0 Å². The van der Waals surface area contributed by atoms with E-state index in [-0.39, 0.29) is 43.0 Å². The lowest BCUT2D eigenvalue weighted by molar-refractivity contribution is -0.160. The summed E-state index contributed by atoms with van der Waals surface area (Å²) in [5, 5.41) is 8.98. The number of aromatic nitrogens is 2. The van der Waals surface area contributed by atoms with Crippen LogP contribution in [-0.2, 0) is 11.0 Å². The standard InChI is InChI=1S/C17H18F6N4O2/c18-16(19,20)11-5-13(25-15(24-11)27-2-1-12(27)17(21,22)23)26-6-8-3-9(7-26)10(8)4-14(28)29/h5,8-10,12H,1-4,6-7H2,(H,28,29)/t8-,9+,10?,12?. The summed E-state index contributed by atoms with van der Waals surface area (Å²) in [6.45, 7) is 0.576. The van der Waals surface area contributed by atoms with Gasteiger partial charge in [-0.05, 0) is 30.6 Å². The smallest absolute Gasteiger partial charge is 0.433 e. The van der Waals surface area contributed by atoms with Crippen LogP contribution in [0.5, 0.6) is 0 Å². The molecule has 1 N–H and O–H groups in total. The van der Waals surface area contributed by atoms with Crippen LogP contribution in [-0.4, -0.2) is 52.9 Å². The van der Waals surface area contributed by atoms with E-state index < -0.39 is 36.0 Å². The SMILES string of the molecule is O=C(O)CC1[C@@H]2C[C@H]1CN(c1cc(C(F)(F)F)nc(N3CCC3C(F)(F)F)n1)C2. The van der Waals surface area contributed by atoms with Gasteiger partial charge in [0.05, 0.1) is 0 Å². The Balaban J connectivity index is 1.60. The average molecular weight is 424 g/mol. The molecule has 1 aromatic heterocycles. The predicted octanol–water partition coefficient (Wildman–Crippen LogP) is 3.18. The minimum atomic E-state index is -4.82. The van der Waals surface area contributed by atoms with Crippen molar-refractivity contribution in [1.29, 1.82) is 0 Å². The van der Waals surface area contributed by atoms with Crippen LogP contribution in [0.3, 0.4) is 0 Å². The quantitative estimate of drug-likeness (QED) is 0.749. The van der Waals surface area contributed by atoms with Gasteiger partial charge in [-0.2, -0.15) is 31.3 Å². The van der Waals surface area contributed by atoms with Gasteiger partial charge in [-0.15, -0.1) is 0 Å². The third kappa shape index (κ3) is 3.68. The zero-order valence-corrected chi connectivity index (χ0v) is 15.0. The number of hydrogen-bond acceptors (Lipinski definition) is 5. The maximum atomic E-state index is 13.3. The van der Waals surface area contributed by atoms with Crippen LogP contribution in [0.4, 0.5) is 38.1 Å². The first-order chi connectivity index (χ1) is 13.4. The largest absolute Gasteiger partial charge is 0.481 e. The minimum Gasteiger partial charge on any atom is -0.481 e. The summed E-state index contributed by atoms with van der Waals surface area (Å²) < 4.78 is 79.1. The Bertz CT molecular complexity index is 802. The van der Waals surface area contributed by atoms with Crippen molar-refractivity contribution in [3.63, 3.8) is 0 Å². The fourth-order valence-corrected chi connectivity index (χ4v) is 4.53. The molecule has 2 unspecified atom stereocenters. The van der Waals surface area contributed by atoms with E-state index in [0.29, 0.717) is 13.1 Å². The highest BCUT2D eigenvalue weighted by molar-refractivity contribution is 5.67. The van der Waals surface area contributed by atoms with Crippen molar-refractivity contribution in [2.75, 3.05) is 29.4 Å². The molecule has 4 atom stereocenters. The van der Waals surface area contributed by atoms with Crippen LogP contribution < -0.4 is 9.80 Å². The molecule has 4 aliphatic rings. The number of nitrogens with zero attached hydrogens (tertiary/aromatic N) is 4. The van der Waals surface area contributed by atoms with Crippen molar-refractivity contribution in [3.05, 3.63) is 11.8 Å². The van der Waals surface area contributed by atoms with Gasteiger partial charge in [0, 0.05) is 32.1 Å². The van der Waals surface area contributed by atoms with E-state index in [1.807, 2.05) is 0 Å². The van der Waals surface area contributed by atoms with E-state index in [9.17, 15) is 31.1 Å². The van der Waals surface area contributed by atoms with Gasteiger partial charge in [-0.25, -0.2) is 4.98 Å². The zero-order valence-electron chi connectivity index (χ0n) is 15.0. The molecule has 0 radical (unpaired) electrons. The molecule has 1 saturated carbocycles. The average Bonchev–Trinajstić information content (AvgIpc) is 2.56. The van der Waals surface area contributed by atoms with E-state index in [1.165, 1.54) is 0 Å². The predicted molar refractivity (Wildman–Crippen MR) is 88.4 cm³/mol. The third-order valence-electron chi connectivity index (χ3n) is 6.11. The molecular formula is C17H18F6N4O2. The van der Waals surface area contributed by atoms with Gasteiger partial charge in [0.1, 0.15) is 11.9 Å². The molecule has 0 amide bonds. The molecule has 160 valence electrons. The first-order valence-corrected chi connectivity index (χ1v) is 9.20. The Morgan fingerprint density at radius 2 is 1.79 bits per heavy atom. The topological polar surface area (TPSA) is 69.6 Å². The Kier molecular flexibility index (Phi) is 4.57. The zero-order chi connectivity index (χ0) is 21.1. The number of anilines is 2. The second kappa shape index (κ2) is 6.63. The van der Waals surface area contributed by atoms with Gasteiger partial charge in [0.2, 0.25) is 5.95 Å². The molecule has 4 heterocycles. The fraction of sp³-hybridized carbons (Fsp3) is 0.706. The number of carboxylic acids is 1. The summed E-state index contributed by atoms with van der Waals surface area (Å²) in [6, 6.07) is -1.14. The molecule has 1 aromatic rings. The molecule has 4 fully saturated rings. The highest BCUT2D eigenvalue weighted by Gasteiger charge is 2.51. The Labute approximate surface area is 161 Å². The maximum Gasteiger partial charge on any atom is 0.433 e. The van der Waals surface area contributed by atoms with Crippen molar-refractivity contribution in [3.8, 4) is 0 Å². The number of aliphatic carboxylic acids is 1. The molecule has 5 rings (SSSR count). The fourth-order valence-electron chi connectivity index (χ4n) is 4.53. The van der Waals surface area contributed by atoms with Crippen molar-refractivity contribution in [2.24, 2.45) is 17.8 Å². The molecule has 1 aliphatic carbocycles. The van der Waals surface area contributed by atoms with Gasteiger partial charge in [-0.1, -0.05) is 0 Å².